The first-order valence-corrected chi connectivity index (χ1v) is 14.8. The molecule has 1 aliphatic rings. The van der Waals surface area contributed by atoms with Gasteiger partial charge in [0.15, 0.2) is 5.82 Å². The van der Waals surface area contributed by atoms with E-state index in [-0.39, 0.29) is 24.4 Å². The van der Waals surface area contributed by atoms with Crippen LogP contribution in [0.2, 0.25) is 0 Å². The van der Waals surface area contributed by atoms with Gasteiger partial charge in [0.25, 0.3) is 5.91 Å². The minimum atomic E-state index is -0.244. The van der Waals surface area contributed by atoms with Gasteiger partial charge in [-0.1, -0.05) is 36.4 Å². The summed E-state index contributed by atoms with van der Waals surface area (Å²) in [6.07, 6.45) is 0.786. The van der Waals surface area contributed by atoms with Gasteiger partial charge in [0.05, 0.1) is 30.8 Å². The van der Waals surface area contributed by atoms with Crippen LogP contribution in [0.3, 0.4) is 0 Å². The number of nitrogens with zero attached hydrogens (tertiary/aromatic N) is 5. The zero-order valence-electron chi connectivity index (χ0n) is 24.1. The number of aromatic nitrogens is 2. The Bertz CT molecular complexity index is 1480. The van der Waals surface area contributed by atoms with Crippen molar-refractivity contribution in [2.24, 2.45) is 0 Å². The monoisotopic (exact) mass is 585 g/mol. The molecule has 218 valence electrons. The Labute approximate surface area is 250 Å². The van der Waals surface area contributed by atoms with E-state index in [1.165, 1.54) is 11.3 Å². The number of ether oxygens (including phenoxy) is 2. The third-order valence-electron chi connectivity index (χ3n) is 7.56. The summed E-state index contributed by atoms with van der Waals surface area (Å²) in [6.45, 7) is 4.52. The number of hydrogen-bond donors (Lipinski definition) is 0. The predicted molar refractivity (Wildman–Crippen MR) is 164 cm³/mol. The fourth-order valence-electron chi connectivity index (χ4n) is 5.13. The molecule has 1 aliphatic heterocycles. The first-order chi connectivity index (χ1) is 20.5. The van der Waals surface area contributed by atoms with Crippen molar-refractivity contribution in [3.05, 3.63) is 88.6 Å². The van der Waals surface area contributed by atoms with Crippen LogP contribution in [-0.2, 0) is 4.79 Å². The zero-order chi connectivity index (χ0) is 29.5. The maximum Gasteiger partial charge on any atom is 0.264 e. The smallest absolute Gasteiger partial charge is 0.264 e. The highest BCUT2D eigenvalue weighted by Crippen LogP contribution is 2.32. The van der Waals surface area contributed by atoms with Crippen molar-refractivity contribution in [1.82, 2.24) is 20.0 Å². The lowest BCUT2D eigenvalue weighted by molar-refractivity contribution is -0.132. The molecule has 2 aromatic carbocycles. The number of hydrogen-bond acceptors (Lipinski definition) is 8. The molecule has 10 heteroatoms. The summed E-state index contributed by atoms with van der Waals surface area (Å²) in [5.74, 6) is 1.94. The number of methoxy groups -OCH3 is 2. The second kappa shape index (κ2) is 13.5. The van der Waals surface area contributed by atoms with Crippen LogP contribution in [0.5, 0.6) is 11.5 Å². The number of carbonyl (C=O) groups excluding carboxylic acids is 2. The lowest BCUT2D eigenvalue weighted by Gasteiger charge is -2.31. The van der Waals surface area contributed by atoms with Gasteiger partial charge in [0.1, 0.15) is 18.0 Å². The van der Waals surface area contributed by atoms with Gasteiger partial charge in [-0.3, -0.25) is 9.59 Å². The Morgan fingerprint density at radius 2 is 1.76 bits per heavy atom. The number of carbonyl (C=O) groups is 2. The maximum absolute atomic E-state index is 13.6. The summed E-state index contributed by atoms with van der Waals surface area (Å²) in [5, 5.41) is 10.8. The molecule has 9 nitrogen and oxygen atoms in total. The fraction of sp³-hybridized carbons (Fsp3) is 0.312. The molecule has 0 radical (unpaired) electrons. The molecular formula is C32H35N5O4S. The van der Waals surface area contributed by atoms with E-state index in [1.54, 1.807) is 19.1 Å². The second-order valence-corrected chi connectivity index (χ2v) is 11.0. The van der Waals surface area contributed by atoms with E-state index in [2.05, 4.69) is 15.1 Å². The van der Waals surface area contributed by atoms with Crippen molar-refractivity contribution in [3.63, 3.8) is 0 Å². The highest BCUT2D eigenvalue weighted by molar-refractivity contribution is 7.12. The Morgan fingerprint density at radius 1 is 0.929 bits per heavy atom. The van der Waals surface area contributed by atoms with E-state index in [0.29, 0.717) is 41.7 Å². The lowest BCUT2D eigenvalue weighted by atomic mass is 10.1. The quantitative estimate of drug-likeness (QED) is 0.268. The van der Waals surface area contributed by atoms with Crippen LogP contribution in [0.15, 0.2) is 78.2 Å². The molecule has 1 saturated heterocycles. The maximum atomic E-state index is 13.6. The van der Waals surface area contributed by atoms with E-state index in [9.17, 15) is 9.59 Å². The van der Waals surface area contributed by atoms with Gasteiger partial charge in [-0.05, 0) is 54.6 Å². The third-order valence-corrected chi connectivity index (χ3v) is 8.41. The van der Waals surface area contributed by atoms with Gasteiger partial charge >= 0.3 is 0 Å². The summed E-state index contributed by atoms with van der Waals surface area (Å²) in [6, 6.07) is 22.7. The van der Waals surface area contributed by atoms with Crippen molar-refractivity contribution in [1.29, 1.82) is 0 Å². The molecule has 42 heavy (non-hydrogen) atoms. The molecule has 1 unspecified atom stereocenters. The van der Waals surface area contributed by atoms with Crippen LogP contribution in [0.1, 0.15) is 34.6 Å². The summed E-state index contributed by atoms with van der Waals surface area (Å²) >= 11 is 1.39. The number of rotatable bonds is 9. The van der Waals surface area contributed by atoms with E-state index in [4.69, 9.17) is 9.47 Å². The molecule has 0 saturated carbocycles. The Hall–Kier alpha value is -4.44. The predicted octanol–water partition coefficient (Wildman–Crippen LogP) is 5.16. The molecule has 1 fully saturated rings. The molecule has 0 aliphatic carbocycles. The first kappa shape index (κ1) is 29.1. The van der Waals surface area contributed by atoms with E-state index < -0.39 is 0 Å². The zero-order valence-corrected chi connectivity index (χ0v) is 24.9. The van der Waals surface area contributed by atoms with Crippen molar-refractivity contribution in [2.45, 2.75) is 19.4 Å². The number of amides is 2. The Balaban J connectivity index is 1.26. The summed E-state index contributed by atoms with van der Waals surface area (Å²) in [4.78, 5) is 33.4. The van der Waals surface area contributed by atoms with Gasteiger partial charge in [0, 0.05) is 37.8 Å². The molecular weight excluding hydrogens is 550 g/mol. The van der Waals surface area contributed by atoms with Crippen LogP contribution < -0.4 is 14.4 Å². The summed E-state index contributed by atoms with van der Waals surface area (Å²) in [5.41, 5.74) is 2.52. The fourth-order valence-corrected chi connectivity index (χ4v) is 5.81. The van der Waals surface area contributed by atoms with Gasteiger partial charge < -0.3 is 24.2 Å². The van der Waals surface area contributed by atoms with Gasteiger partial charge in [-0.2, -0.15) is 0 Å². The Morgan fingerprint density at radius 3 is 2.45 bits per heavy atom. The standard InChI is InChI=1S/C32H35N5O4S/c1-23(24-9-5-4-6-10-24)37(32(39)29-11-7-20-42-29)22-31(38)36-17-8-16-35(18-19-36)30-15-14-27(33-34-30)26-13-12-25(40-2)21-28(26)41-3/h4-7,9-15,20-21,23H,8,16-19,22H2,1-3H3. The van der Waals surface area contributed by atoms with Gasteiger partial charge in [0.2, 0.25) is 5.91 Å². The van der Waals surface area contributed by atoms with Gasteiger partial charge in [-0.25, -0.2) is 0 Å². The molecule has 5 rings (SSSR count). The Kier molecular flexibility index (Phi) is 9.33. The topological polar surface area (TPSA) is 88.1 Å². The van der Waals surface area contributed by atoms with Crippen LogP contribution >= 0.6 is 11.3 Å². The average molecular weight is 586 g/mol. The summed E-state index contributed by atoms with van der Waals surface area (Å²) in [7, 11) is 3.23. The van der Waals surface area contributed by atoms with Crippen LogP contribution in [0.25, 0.3) is 11.3 Å². The normalized spacial score (nSPS) is 14.2. The minimum Gasteiger partial charge on any atom is -0.497 e. The molecule has 0 bridgehead atoms. The molecule has 3 heterocycles. The number of anilines is 1. The first-order valence-electron chi connectivity index (χ1n) is 14.0. The average Bonchev–Trinajstić information content (AvgIpc) is 3.47. The SMILES string of the molecule is COc1ccc(-c2ccc(N3CCCN(C(=O)CN(C(=O)c4cccs4)C(C)c4ccccc4)CC3)nn2)c(OC)c1. The molecule has 0 N–H and O–H groups in total. The largest absolute Gasteiger partial charge is 0.497 e. The molecule has 2 aromatic heterocycles. The number of thiophene rings is 1. The van der Waals surface area contributed by atoms with E-state index >= 15 is 0 Å². The second-order valence-electron chi connectivity index (χ2n) is 10.1. The minimum absolute atomic E-state index is 0.0188. The van der Waals surface area contributed by atoms with Crippen molar-refractivity contribution in [2.75, 3.05) is 51.8 Å². The number of benzene rings is 2. The highest BCUT2D eigenvalue weighted by Gasteiger charge is 2.29. The van der Waals surface area contributed by atoms with Crippen molar-refractivity contribution < 1.29 is 19.1 Å². The van der Waals surface area contributed by atoms with Crippen LogP contribution in [0.4, 0.5) is 5.82 Å². The molecule has 2 amide bonds. The van der Waals surface area contributed by atoms with Crippen molar-refractivity contribution >= 4 is 29.0 Å². The molecule has 0 spiro atoms. The van der Waals surface area contributed by atoms with Crippen molar-refractivity contribution in [3.8, 4) is 22.8 Å². The molecule has 1 atom stereocenters. The lowest BCUT2D eigenvalue weighted by Crippen LogP contribution is -2.45. The van der Waals surface area contributed by atoms with E-state index in [1.807, 2.05) is 90.0 Å². The van der Waals surface area contributed by atoms with Crippen LogP contribution in [-0.4, -0.2) is 78.8 Å². The highest BCUT2D eigenvalue weighted by atomic mass is 32.1. The van der Waals surface area contributed by atoms with Crippen LogP contribution in [0, 0.1) is 0 Å². The van der Waals surface area contributed by atoms with Gasteiger partial charge in [-0.15, -0.1) is 21.5 Å². The third kappa shape index (κ3) is 6.54. The molecule has 4 aromatic rings. The summed E-state index contributed by atoms with van der Waals surface area (Å²) < 4.78 is 10.8. The van der Waals surface area contributed by atoms with E-state index in [0.717, 1.165) is 29.9 Å².